The lowest BCUT2D eigenvalue weighted by molar-refractivity contribution is -0.120. The molecule has 1 N–H and O–H groups in total. The number of anilines is 2. The number of rotatable bonds is 0. The van der Waals surface area contributed by atoms with Crippen LogP contribution < -0.4 is 10.2 Å². The standard InChI is InChI=1S/C11H8Cl2N2O2/c12-5-3-7-9(4-6(5)13)15-8(11(17)14-7)1-2-10(15)16/h3-4,8H,1-2H2,(H,14,17)/t8-/m0/s1. The van der Waals surface area contributed by atoms with E-state index in [4.69, 9.17) is 23.2 Å². The Morgan fingerprint density at radius 2 is 1.94 bits per heavy atom. The Morgan fingerprint density at radius 1 is 1.24 bits per heavy atom. The van der Waals surface area contributed by atoms with E-state index in [2.05, 4.69) is 5.32 Å². The molecule has 0 saturated carbocycles. The minimum absolute atomic E-state index is 0.0514. The van der Waals surface area contributed by atoms with Crippen LogP contribution in [0.25, 0.3) is 0 Å². The fourth-order valence-electron chi connectivity index (χ4n) is 2.29. The van der Waals surface area contributed by atoms with Gasteiger partial charge in [0.1, 0.15) is 6.04 Å². The molecule has 0 spiro atoms. The van der Waals surface area contributed by atoms with Crippen molar-refractivity contribution in [2.45, 2.75) is 18.9 Å². The van der Waals surface area contributed by atoms with Gasteiger partial charge in [-0.15, -0.1) is 0 Å². The molecule has 1 fully saturated rings. The summed E-state index contributed by atoms with van der Waals surface area (Å²) in [7, 11) is 0. The quantitative estimate of drug-likeness (QED) is 0.787. The average Bonchev–Trinajstić information content (AvgIpc) is 2.65. The zero-order chi connectivity index (χ0) is 12.2. The summed E-state index contributed by atoms with van der Waals surface area (Å²) in [6, 6.07) is 2.78. The number of fused-ring (bicyclic) bond motifs is 3. The third-order valence-corrected chi connectivity index (χ3v) is 3.79. The second-order valence-corrected chi connectivity index (χ2v) is 4.91. The van der Waals surface area contributed by atoms with Crippen molar-refractivity contribution in [3.63, 3.8) is 0 Å². The van der Waals surface area contributed by atoms with Gasteiger partial charge in [0.25, 0.3) is 0 Å². The number of benzene rings is 1. The molecule has 1 aromatic carbocycles. The lowest BCUT2D eigenvalue weighted by Gasteiger charge is -2.31. The zero-order valence-electron chi connectivity index (χ0n) is 8.67. The van der Waals surface area contributed by atoms with Gasteiger partial charge in [-0.2, -0.15) is 0 Å². The van der Waals surface area contributed by atoms with Crippen molar-refractivity contribution in [3.8, 4) is 0 Å². The normalized spacial score (nSPS) is 22.2. The number of hydrogen-bond donors (Lipinski definition) is 1. The first kappa shape index (κ1) is 10.9. The second-order valence-electron chi connectivity index (χ2n) is 4.09. The highest BCUT2D eigenvalue weighted by atomic mass is 35.5. The number of carbonyl (C=O) groups excluding carboxylic acids is 2. The van der Waals surface area contributed by atoms with E-state index >= 15 is 0 Å². The predicted molar refractivity (Wildman–Crippen MR) is 65.6 cm³/mol. The van der Waals surface area contributed by atoms with Crippen LogP contribution in [0.3, 0.4) is 0 Å². The molecule has 0 radical (unpaired) electrons. The van der Waals surface area contributed by atoms with Gasteiger partial charge < -0.3 is 5.32 Å². The van der Waals surface area contributed by atoms with Gasteiger partial charge in [0.2, 0.25) is 11.8 Å². The fourth-order valence-corrected chi connectivity index (χ4v) is 2.61. The van der Waals surface area contributed by atoms with E-state index < -0.39 is 6.04 Å². The topological polar surface area (TPSA) is 49.4 Å². The van der Waals surface area contributed by atoms with Crippen LogP contribution in [0.1, 0.15) is 12.8 Å². The minimum Gasteiger partial charge on any atom is -0.322 e. The van der Waals surface area contributed by atoms with Gasteiger partial charge in [-0.25, -0.2) is 0 Å². The number of nitrogens with zero attached hydrogens (tertiary/aromatic N) is 1. The lowest BCUT2D eigenvalue weighted by Crippen LogP contribution is -2.45. The molecule has 0 aliphatic carbocycles. The molecule has 2 amide bonds. The summed E-state index contributed by atoms with van der Waals surface area (Å²) in [4.78, 5) is 25.1. The van der Waals surface area contributed by atoms with Crippen molar-refractivity contribution in [1.29, 1.82) is 0 Å². The van der Waals surface area contributed by atoms with Gasteiger partial charge in [0.05, 0.1) is 21.4 Å². The Bertz CT molecular complexity index is 545. The lowest BCUT2D eigenvalue weighted by atomic mass is 10.1. The number of hydrogen-bond acceptors (Lipinski definition) is 2. The molecule has 0 aromatic heterocycles. The van der Waals surface area contributed by atoms with Gasteiger partial charge in [-0.1, -0.05) is 23.2 Å². The van der Waals surface area contributed by atoms with E-state index in [0.29, 0.717) is 34.3 Å². The summed E-state index contributed by atoms with van der Waals surface area (Å²) in [6.07, 6.45) is 0.933. The molecule has 88 valence electrons. The summed E-state index contributed by atoms with van der Waals surface area (Å²) in [5.41, 5.74) is 1.17. The molecular formula is C11H8Cl2N2O2. The molecule has 1 aromatic rings. The molecule has 1 saturated heterocycles. The van der Waals surface area contributed by atoms with E-state index in [1.807, 2.05) is 0 Å². The van der Waals surface area contributed by atoms with Crippen molar-refractivity contribution in [2.75, 3.05) is 10.2 Å². The largest absolute Gasteiger partial charge is 0.322 e. The number of amides is 2. The van der Waals surface area contributed by atoms with E-state index in [1.54, 1.807) is 12.1 Å². The van der Waals surface area contributed by atoms with Crippen LogP contribution in [0.15, 0.2) is 12.1 Å². The van der Waals surface area contributed by atoms with Crippen LogP contribution in [0.4, 0.5) is 11.4 Å². The van der Waals surface area contributed by atoms with Crippen LogP contribution in [-0.2, 0) is 9.59 Å². The molecule has 1 atom stereocenters. The van der Waals surface area contributed by atoms with E-state index in [9.17, 15) is 9.59 Å². The minimum atomic E-state index is -0.410. The maximum Gasteiger partial charge on any atom is 0.247 e. The number of carbonyl (C=O) groups is 2. The van der Waals surface area contributed by atoms with Crippen LogP contribution >= 0.6 is 23.2 Å². The molecule has 17 heavy (non-hydrogen) atoms. The summed E-state index contributed by atoms with van der Waals surface area (Å²) in [6.45, 7) is 0. The summed E-state index contributed by atoms with van der Waals surface area (Å²) >= 11 is 11.8. The van der Waals surface area contributed by atoms with E-state index in [1.165, 1.54) is 4.90 Å². The fraction of sp³-hybridized carbons (Fsp3) is 0.273. The zero-order valence-corrected chi connectivity index (χ0v) is 10.2. The first-order valence-corrected chi connectivity index (χ1v) is 5.95. The van der Waals surface area contributed by atoms with Gasteiger partial charge in [-0.3, -0.25) is 14.5 Å². The van der Waals surface area contributed by atoms with Crippen molar-refractivity contribution >= 4 is 46.4 Å². The van der Waals surface area contributed by atoms with Crippen molar-refractivity contribution in [3.05, 3.63) is 22.2 Å². The highest BCUT2D eigenvalue weighted by molar-refractivity contribution is 6.42. The van der Waals surface area contributed by atoms with Gasteiger partial charge in [0, 0.05) is 6.42 Å². The monoisotopic (exact) mass is 270 g/mol. The summed E-state index contributed by atoms with van der Waals surface area (Å²) in [5, 5.41) is 3.48. The maximum absolute atomic E-state index is 11.8. The van der Waals surface area contributed by atoms with E-state index in [-0.39, 0.29) is 11.8 Å². The van der Waals surface area contributed by atoms with Crippen LogP contribution in [0, 0.1) is 0 Å². The SMILES string of the molecule is O=C1Nc2cc(Cl)c(Cl)cc2N2C(=O)CC[C@@H]12. The first-order chi connectivity index (χ1) is 8.08. The Morgan fingerprint density at radius 3 is 2.71 bits per heavy atom. The van der Waals surface area contributed by atoms with Crippen molar-refractivity contribution in [1.82, 2.24) is 0 Å². The average molecular weight is 271 g/mol. The van der Waals surface area contributed by atoms with Crippen LogP contribution in [-0.4, -0.2) is 17.9 Å². The first-order valence-electron chi connectivity index (χ1n) is 5.20. The summed E-state index contributed by atoms with van der Waals surface area (Å²) in [5.74, 6) is -0.216. The summed E-state index contributed by atoms with van der Waals surface area (Å²) < 4.78 is 0. The number of nitrogens with one attached hydrogen (secondary N) is 1. The Kier molecular flexibility index (Phi) is 2.31. The smallest absolute Gasteiger partial charge is 0.247 e. The predicted octanol–water partition coefficient (Wildman–Crippen LogP) is 2.44. The second kappa shape index (κ2) is 3.62. The van der Waals surface area contributed by atoms with Gasteiger partial charge in [-0.05, 0) is 18.6 Å². The van der Waals surface area contributed by atoms with Crippen LogP contribution in [0.2, 0.25) is 10.0 Å². The number of halogens is 2. The molecule has 0 unspecified atom stereocenters. The Labute approximate surface area is 107 Å². The van der Waals surface area contributed by atoms with E-state index in [0.717, 1.165) is 0 Å². The molecule has 6 heteroatoms. The van der Waals surface area contributed by atoms with Crippen LogP contribution in [0.5, 0.6) is 0 Å². The van der Waals surface area contributed by atoms with Gasteiger partial charge >= 0.3 is 0 Å². The molecule has 4 nitrogen and oxygen atoms in total. The highest BCUT2D eigenvalue weighted by Crippen LogP contribution is 2.41. The van der Waals surface area contributed by atoms with Crippen molar-refractivity contribution in [2.24, 2.45) is 0 Å². The van der Waals surface area contributed by atoms with Gasteiger partial charge in [0.15, 0.2) is 0 Å². The molecule has 0 bridgehead atoms. The third-order valence-electron chi connectivity index (χ3n) is 3.07. The third kappa shape index (κ3) is 1.51. The highest BCUT2D eigenvalue weighted by Gasteiger charge is 2.41. The Balaban J connectivity index is 2.19. The molecular weight excluding hydrogens is 263 g/mol. The molecule has 2 aliphatic heterocycles. The molecule has 2 aliphatic rings. The molecule has 3 rings (SSSR count). The van der Waals surface area contributed by atoms with Crippen molar-refractivity contribution < 1.29 is 9.59 Å². The molecule has 2 heterocycles. The maximum atomic E-state index is 11.8. The Hall–Kier alpha value is -1.26.